The molecule has 1 aromatic rings. The number of hydrogen-bond acceptors (Lipinski definition) is 2. The first-order valence-electron chi connectivity index (χ1n) is 3.35. The minimum absolute atomic E-state index is 0. The Morgan fingerprint density at radius 1 is 1.20 bits per heavy atom. The van der Waals surface area contributed by atoms with Crippen LogP contribution in [0.1, 0.15) is 0 Å². The van der Waals surface area contributed by atoms with Gasteiger partial charge in [-0.3, -0.25) is 0 Å². The summed E-state index contributed by atoms with van der Waals surface area (Å²) in [6.45, 7) is 0. The fraction of sp³-hybridized carbons (Fsp3) is 0.143. The van der Waals surface area contributed by atoms with E-state index in [-0.39, 0.29) is 34.5 Å². The third kappa shape index (κ3) is 5.53. The van der Waals surface area contributed by atoms with E-state index < -0.39 is 23.2 Å². The zero-order chi connectivity index (χ0) is 10.8. The Hall–Kier alpha value is -0.0800. The SMILES string of the molecule is O=S(O)c1ccc(OC(F)(F)F)cc1.[NaH]. The Morgan fingerprint density at radius 2 is 1.67 bits per heavy atom. The van der Waals surface area contributed by atoms with E-state index in [1.165, 1.54) is 0 Å². The molecule has 0 aliphatic rings. The van der Waals surface area contributed by atoms with E-state index in [4.69, 9.17) is 4.55 Å². The van der Waals surface area contributed by atoms with Crippen LogP contribution in [0.25, 0.3) is 0 Å². The molecule has 1 unspecified atom stereocenters. The number of benzene rings is 1. The molecule has 0 spiro atoms. The molecule has 0 heterocycles. The number of ether oxygens (including phenoxy) is 1. The van der Waals surface area contributed by atoms with Crippen molar-refractivity contribution in [3.05, 3.63) is 24.3 Å². The van der Waals surface area contributed by atoms with Crippen molar-refractivity contribution in [2.24, 2.45) is 0 Å². The van der Waals surface area contributed by atoms with Gasteiger partial charge in [-0.1, -0.05) is 0 Å². The number of halogens is 3. The predicted molar refractivity (Wildman–Crippen MR) is 49.3 cm³/mol. The van der Waals surface area contributed by atoms with Gasteiger partial charge < -0.3 is 9.29 Å². The Bertz CT molecular complexity index is 338. The van der Waals surface area contributed by atoms with Crippen molar-refractivity contribution in [2.45, 2.75) is 11.3 Å². The second kappa shape index (κ2) is 5.86. The third-order valence-corrected chi connectivity index (χ3v) is 1.93. The first kappa shape index (κ1) is 14.9. The van der Waals surface area contributed by atoms with Crippen molar-refractivity contribution in [3.63, 3.8) is 0 Å². The summed E-state index contributed by atoms with van der Waals surface area (Å²) in [5, 5.41) is 0. The van der Waals surface area contributed by atoms with Crippen molar-refractivity contribution < 1.29 is 26.7 Å². The molecule has 0 saturated carbocycles. The molecule has 1 aromatic carbocycles. The molecule has 0 saturated heterocycles. The van der Waals surface area contributed by atoms with E-state index in [1.54, 1.807) is 0 Å². The second-order valence-electron chi connectivity index (χ2n) is 2.27. The van der Waals surface area contributed by atoms with Crippen LogP contribution in [0, 0.1) is 0 Å². The molecule has 0 radical (unpaired) electrons. The molecule has 1 atom stereocenters. The second-order valence-corrected chi connectivity index (χ2v) is 3.24. The van der Waals surface area contributed by atoms with E-state index in [0.717, 1.165) is 24.3 Å². The fourth-order valence-corrected chi connectivity index (χ4v) is 1.13. The van der Waals surface area contributed by atoms with Gasteiger partial charge in [0.25, 0.3) is 0 Å². The average Bonchev–Trinajstić information content (AvgIpc) is 2.02. The van der Waals surface area contributed by atoms with E-state index in [9.17, 15) is 17.4 Å². The third-order valence-electron chi connectivity index (χ3n) is 1.26. The molecule has 0 aliphatic heterocycles. The van der Waals surface area contributed by atoms with Gasteiger partial charge in [0.05, 0.1) is 4.90 Å². The summed E-state index contributed by atoms with van der Waals surface area (Å²) in [6, 6.07) is 4.10. The summed E-state index contributed by atoms with van der Waals surface area (Å²) in [6.07, 6.45) is -4.75. The molecular formula is C7H6F3NaO3S. The van der Waals surface area contributed by atoms with Crippen LogP contribution in [0.5, 0.6) is 5.75 Å². The number of alkyl halides is 3. The summed E-state index contributed by atoms with van der Waals surface area (Å²) in [5.41, 5.74) is 0. The summed E-state index contributed by atoms with van der Waals surface area (Å²) in [5.74, 6) is -0.424. The molecule has 15 heavy (non-hydrogen) atoms. The Balaban J connectivity index is 0.00000196. The van der Waals surface area contributed by atoms with Gasteiger partial charge in [-0.25, -0.2) is 4.21 Å². The standard InChI is InChI=1S/C7H5F3O3S.Na.H/c8-7(9,10)13-5-1-3-6(4-2-5)14(11)12;;/h1-4H,(H,11,12);;. The minimum atomic E-state index is -4.75. The molecule has 0 aliphatic carbocycles. The first-order chi connectivity index (χ1) is 6.38. The normalized spacial score (nSPS) is 12.8. The van der Waals surface area contributed by atoms with E-state index >= 15 is 0 Å². The fourth-order valence-electron chi connectivity index (χ4n) is 0.758. The molecule has 0 amide bonds. The molecule has 0 bridgehead atoms. The molecule has 3 nitrogen and oxygen atoms in total. The molecule has 80 valence electrons. The van der Waals surface area contributed by atoms with Gasteiger partial charge in [0.2, 0.25) is 0 Å². The molecule has 8 heteroatoms. The van der Waals surface area contributed by atoms with Crippen molar-refractivity contribution in [1.29, 1.82) is 0 Å². The monoisotopic (exact) mass is 250 g/mol. The molecule has 1 N–H and O–H groups in total. The number of rotatable bonds is 2. The van der Waals surface area contributed by atoms with Gasteiger partial charge in [-0.05, 0) is 24.3 Å². The molecular weight excluding hydrogens is 244 g/mol. The maximum absolute atomic E-state index is 11.7. The maximum atomic E-state index is 11.7. The van der Waals surface area contributed by atoms with Gasteiger partial charge in [0, 0.05) is 0 Å². The quantitative estimate of drug-likeness (QED) is 0.639. The van der Waals surface area contributed by atoms with E-state index in [1.807, 2.05) is 0 Å². The van der Waals surface area contributed by atoms with Gasteiger partial charge >= 0.3 is 35.9 Å². The van der Waals surface area contributed by atoms with Crippen LogP contribution in [0.4, 0.5) is 13.2 Å². The first-order valence-corrected chi connectivity index (χ1v) is 4.46. The Labute approximate surface area is 108 Å². The molecule has 0 aromatic heterocycles. The zero-order valence-corrected chi connectivity index (χ0v) is 7.43. The van der Waals surface area contributed by atoms with Crippen molar-refractivity contribution in [1.82, 2.24) is 0 Å². The van der Waals surface area contributed by atoms with Crippen LogP contribution >= 0.6 is 0 Å². The summed E-state index contributed by atoms with van der Waals surface area (Å²) < 4.78 is 57.6. The van der Waals surface area contributed by atoms with Crippen LogP contribution < -0.4 is 4.74 Å². The van der Waals surface area contributed by atoms with Crippen molar-refractivity contribution in [2.75, 3.05) is 0 Å². The van der Waals surface area contributed by atoms with E-state index in [0.29, 0.717) is 0 Å². The van der Waals surface area contributed by atoms with Crippen LogP contribution in [0.15, 0.2) is 29.2 Å². The van der Waals surface area contributed by atoms with Crippen LogP contribution in [0.2, 0.25) is 0 Å². The van der Waals surface area contributed by atoms with Crippen LogP contribution in [-0.4, -0.2) is 44.7 Å². The van der Waals surface area contributed by atoms with Crippen LogP contribution in [-0.2, 0) is 11.1 Å². The van der Waals surface area contributed by atoms with Crippen molar-refractivity contribution in [3.8, 4) is 5.75 Å². The Kier molecular flexibility index (Phi) is 5.82. The summed E-state index contributed by atoms with van der Waals surface area (Å²) in [7, 11) is 0. The topological polar surface area (TPSA) is 46.5 Å². The number of hydrogen-bond donors (Lipinski definition) is 1. The van der Waals surface area contributed by atoms with Gasteiger partial charge in [-0.15, -0.1) is 13.2 Å². The summed E-state index contributed by atoms with van der Waals surface area (Å²) in [4.78, 5) is 0.0134. The molecule has 1 rings (SSSR count). The Morgan fingerprint density at radius 3 is 2.00 bits per heavy atom. The van der Waals surface area contributed by atoms with Gasteiger partial charge in [0.1, 0.15) is 5.75 Å². The van der Waals surface area contributed by atoms with E-state index in [2.05, 4.69) is 4.74 Å². The van der Waals surface area contributed by atoms with Gasteiger partial charge in [-0.2, -0.15) is 0 Å². The van der Waals surface area contributed by atoms with Gasteiger partial charge in [0.15, 0.2) is 11.1 Å². The zero-order valence-electron chi connectivity index (χ0n) is 6.62. The van der Waals surface area contributed by atoms with Crippen LogP contribution in [0.3, 0.4) is 0 Å². The summed E-state index contributed by atoms with van der Waals surface area (Å²) >= 11 is -2.20. The average molecular weight is 250 g/mol. The predicted octanol–water partition coefficient (Wildman–Crippen LogP) is 1.52. The van der Waals surface area contributed by atoms with Crippen molar-refractivity contribution >= 4 is 40.6 Å². The molecule has 0 fully saturated rings.